The summed E-state index contributed by atoms with van der Waals surface area (Å²) >= 11 is 0. The van der Waals surface area contributed by atoms with Crippen LogP contribution in [0.1, 0.15) is 36.7 Å². The molecule has 34 heavy (non-hydrogen) atoms. The Kier molecular flexibility index (Phi) is 8.63. The Morgan fingerprint density at radius 3 is 2.65 bits per heavy atom. The molecule has 0 aliphatic carbocycles. The SMILES string of the molecule is CO[C@H]1CN(C)C(=O)c2ccc(NC(C)=O)cc2OC[C@@H](C)N(Cc2cccc(F)c2)C[C@@H]1C. The van der Waals surface area contributed by atoms with Gasteiger partial charge >= 0.3 is 0 Å². The fourth-order valence-corrected chi connectivity index (χ4v) is 4.22. The lowest BCUT2D eigenvalue weighted by Gasteiger charge is -2.36. The Morgan fingerprint density at radius 1 is 1.21 bits per heavy atom. The molecular weight excluding hydrogens is 437 g/mol. The minimum atomic E-state index is -0.266. The molecule has 0 unspecified atom stereocenters. The second-order valence-electron chi connectivity index (χ2n) is 9.05. The molecule has 1 aliphatic rings. The van der Waals surface area contributed by atoms with E-state index in [-0.39, 0.29) is 35.7 Å². The maximum absolute atomic E-state index is 13.8. The first-order valence-corrected chi connectivity index (χ1v) is 11.5. The van der Waals surface area contributed by atoms with Gasteiger partial charge in [0.2, 0.25) is 5.91 Å². The van der Waals surface area contributed by atoms with Crippen LogP contribution in [0.25, 0.3) is 0 Å². The van der Waals surface area contributed by atoms with E-state index in [2.05, 4.69) is 17.1 Å². The molecule has 8 heteroatoms. The summed E-state index contributed by atoms with van der Waals surface area (Å²) in [6.07, 6.45) is -0.182. The van der Waals surface area contributed by atoms with Crippen LogP contribution in [0.2, 0.25) is 0 Å². The number of hydrogen-bond donors (Lipinski definition) is 1. The molecule has 0 saturated heterocycles. The number of likely N-dealkylation sites (N-methyl/N-ethyl adjacent to an activating group) is 1. The maximum atomic E-state index is 13.8. The molecule has 0 fully saturated rings. The van der Waals surface area contributed by atoms with E-state index in [0.717, 1.165) is 5.56 Å². The van der Waals surface area contributed by atoms with E-state index in [9.17, 15) is 14.0 Å². The lowest BCUT2D eigenvalue weighted by molar-refractivity contribution is -0.114. The molecule has 1 N–H and O–H groups in total. The van der Waals surface area contributed by atoms with Crippen LogP contribution in [0, 0.1) is 11.7 Å². The minimum Gasteiger partial charge on any atom is -0.491 e. The molecular formula is C26H34FN3O4. The van der Waals surface area contributed by atoms with E-state index in [4.69, 9.17) is 9.47 Å². The molecule has 3 atom stereocenters. The van der Waals surface area contributed by atoms with Crippen molar-refractivity contribution in [3.63, 3.8) is 0 Å². The van der Waals surface area contributed by atoms with Gasteiger partial charge in [-0.2, -0.15) is 0 Å². The number of nitrogens with zero attached hydrogens (tertiary/aromatic N) is 2. The third-order valence-corrected chi connectivity index (χ3v) is 6.17. The van der Waals surface area contributed by atoms with Gasteiger partial charge in [-0.05, 0) is 42.7 Å². The van der Waals surface area contributed by atoms with Crippen molar-refractivity contribution in [1.29, 1.82) is 0 Å². The van der Waals surface area contributed by atoms with Crippen molar-refractivity contribution in [2.75, 3.05) is 39.2 Å². The van der Waals surface area contributed by atoms with Crippen molar-refractivity contribution in [3.8, 4) is 5.75 Å². The number of rotatable bonds is 4. The Labute approximate surface area is 200 Å². The average molecular weight is 472 g/mol. The number of halogens is 1. The van der Waals surface area contributed by atoms with Gasteiger partial charge in [0, 0.05) is 58.5 Å². The van der Waals surface area contributed by atoms with Gasteiger partial charge in [-0.1, -0.05) is 19.1 Å². The second-order valence-corrected chi connectivity index (χ2v) is 9.05. The maximum Gasteiger partial charge on any atom is 0.257 e. The van der Waals surface area contributed by atoms with E-state index in [1.54, 1.807) is 49.4 Å². The van der Waals surface area contributed by atoms with Crippen molar-refractivity contribution in [2.45, 2.75) is 39.5 Å². The van der Waals surface area contributed by atoms with Crippen molar-refractivity contribution >= 4 is 17.5 Å². The zero-order valence-electron chi connectivity index (χ0n) is 20.5. The summed E-state index contributed by atoms with van der Waals surface area (Å²) < 4.78 is 25.7. The molecule has 0 saturated carbocycles. The molecule has 3 rings (SSSR count). The monoisotopic (exact) mass is 471 g/mol. The van der Waals surface area contributed by atoms with E-state index >= 15 is 0 Å². The van der Waals surface area contributed by atoms with Crippen LogP contribution in [0.4, 0.5) is 10.1 Å². The molecule has 2 aromatic carbocycles. The number of amides is 2. The summed E-state index contributed by atoms with van der Waals surface area (Å²) in [5.41, 5.74) is 1.85. The van der Waals surface area contributed by atoms with Gasteiger partial charge in [-0.3, -0.25) is 14.5 Å². The fourth-order valence-electron chi connectivity index (χ4n) is 4.22. The highest BCUT2D eigenvalue weighted by Crippen LogP contribution is 2.27. The number of carbonyl (C=O) groups is 2. The van der Waals surface area contributed by atoms with Gasteiger partial charge in [0.05, 0.1) is 11.7 Å². The standard InChI is InChI=1S/C26H34FN3O4/c1-17-13-30(14-20-7-6-8-21(27)11-20)18(2)16-34-24-12-22(28-19(3)31)9-10-23(24)26(32)29(4)15-25(17)33-5/h6-12,17-18,25H,13-16H2,1-5H3,(H,28,31)/t17-,18+,25-/m0/s1. The largest absolute Gasteiger partial charge is 0.491 e. The van der Waals surface area contributed by atoms with Crippen LogP contribution in [0.3, 0.4) is 0 Å². The highest BCUT2D eigenvalue weighted by molar-refractivity contribution is 5.98. The topological polar surface area (TPSA) is 71.1 Å². The minimum absolute atomic E-state index is 0.0345. The summed E-state index contributed by atoms with van der Waals surface area (Å²) in [6.45, 7) is 7.52. The third kappa shape index (κ3) is 6.55. The molecule has 1 heterocycles. The predicted molar refractivity (Wildman–Crippen MR) is 129 cm³/mol. The number of hydrogen-bond acceptors (Lipinski definition) is 5. The number of carbonyl (C=O) groups excluding carboxylic acids is 2. The van der Waals surface area contributed by atoms with Gasteiger partial charge in [0.25, 0.3) is 5.91 Å². The van der Waals surface area contributed by atoms with Crippen LogP contribution in [0.5, 0.6) is 5.75 Å². The molecule has 2 amide bonds. The summed E-state index contributed by atoms with van der Waals surface area (Å²) in [4.78, 5) is 28.6. The summed E-state index contributed by atoms with van der Waals surface area (Å²) in [6, 6.07) is 11.6. The molecule has 0 aromatic heterocycles. The van der Waals surface area contributed by atoms with E-state index < -0.39 is 0 Å². The smallest absolute Gasteiger partial charge is 0.257 e. The Hall–Kier alpha value is -2.97. The van der Waals surface area contributed by atoms with E-state index in [0.29, 0.717) is 43.2 Å². The Bertz CT molecular complexity index is 1020. The number of ether oxygens (including phenoxy) is 2. The molecule has 7 nitrogen and oxygen atoms in total. The van der Waals surface area contributed by atoms with Crippen molar-refractivity contribution < 1.29 is 23.5 Å². The molecule has 0 bridgehead atoms. The Morgan fingerprint density at radius 2 is 1.97 bits per heavy atom. The van der Waals surface area contributed by atoms with Crippen molar-refractivity contribution in [2.24, 2.45) is 5.92 Å². The normalized spacial score (nSPS) is 22.2. The molecule has 1 aliphatic heterocycles. The zero-order chi connectivity index (χ0) is 24.8. The lowest BCUT2D eigenvalue weighted by atomic mass is 10.0. The van der Waals surface area contributed by atoms with Gasteiger partial charge in [0.15, 0.2) is 0 Å². The summed E-state index contributed by atoms with van der Waals surface area (Å²) in [5, 5.41) is 2.74. The van der Waals surface area contributed by atoms with Gasteiger partial charge in [-0.25, -0.2) is 4.39 Å². The second kappa shape index (κ2) is 11.4. The number of methoxy groups -OCH3 is 1. The van der Waals surface area contributed by atoms with Gasteiger partial charge < -0.3 is 19.7 Å². The van der Waals surface area contributed by atoms with Crippen LogP contribution in [0.15, 0.2) is 42.5 Å². The molecule has 184 valence electrons. The summed E-state index contributed by atoms with van der Waals surface area (Å²) in [7, 11) is 3.40. The molecule has 0 spiro atoms. The van der Waals surface area contributed by atoms with Crippen molar-refractivity contribution in [1.82, 2.24) is 9.80 Å². The first-order chi connectivity index (χ1) is 16.2. The van der Waals surface area contributed by atoms with Crippen LogP contribution in [-0.4, -0.2) is 67.6 Å². The average Bonchev–Trinajstić information content (AvgIpc) is 2.79. The highest BCUT2D eigenvalue weighted by Gasteiger charge is 2.28. The van der Waals surface area contributed by atoms with Crippen LogP contribution in [-0.2, 0) is 16.1 Å². The first-order valence-electron chi connectivity index (χ1n) is 11.5. The van der Waals surface area contributed by atoms with E-state index in [1.165, 1.54) is 13.0 Å². The summed E-state index contributed by atoms with van der Waals surface area (Å²) in [5.74, 6) is -0.134. The van der Waals surface area contributed by atoms with Crippen LogP contribution >= 0.6 is 0 Å². The third-order valence-electron chi connectivity index (χ3n) is 6.17. The highest BCUT2D eigenvalue weighted by atomic mass is 19.1. The first kappa shape index (κ1) is 25.6. The number of anilines is 1. The molecule has 0 radical (unpaired) electrons. The van der Waals surface area contributed by atoms with Crippen LogP contribution < -0.4 is 10.1 Å². The van der Waals surface area contributed by atoms with Gasteiger partial charge in [0.1, 0.15) is 18.2 Å². The predicted octanol–water partition coefficient (Wildman–Crippen LogP) is 3.79. The number of nitrogens with one attached hydrogen (secondary N) is 1. The lowest BCUT2D eigenvalue weighted by Crippen LogP contribution is -2.46. The zero-order valence-corrected chi connectivity index (χ0v) is 20.5. The number of fused-ring (bicyclic) bond motifs is 1. The fraction of sp³-hybridized carbons (Fsp3) is 0.462. The van der Waals surface area contributed by atoms with Gasteiger partial charge in [-0.15, -0.1) is 0 Å². The number of benzene rings is 2. The van der Waals surface area contributed by atoms with Crippen molar-refractivity contribution in [3.05, 3.63) is 59.4 Å². The quantitative estimate of drug-likeness (QED) is 0.735. The van der Waals surface area contributed by atoms with E-state index in [1.807, 2.05) is 13.0 Å². The molecule has 2 aromatic rings. The Balaban J connectivity index is 1.95.